The molecule has 2 aromatic rings. The zero-order chi connectivity index (χ0) is 18.0. The molecule has 1 aliphatic heterocycles. The SMILES string of the molecule is COc1ccc(Cl)cc1S(=O)(=O)N1CC(c2ccccc2)OCC1C. The van der Waals surface area contributed by atoms with Crippen molar-refractivity contribution in [1.29, 1.82) is 0 Å². The third-order valence-corrected chi connectivity index (χ3v) is 6.50. The van der Waals surface area contributed by atoms with Crippen LogP contribution in [0.3, 0.4) is 0 Å². The highest BCUT2D eigenvalue weighted by molar-refractivity contribution is 7.89. The van der Waals surface area contributed by atoms with E-state index in [0.29, 0.717) is 11.6 Å². The first kappa shape index (κ1) is 18.2. The molecule has 3 rings (SSSR count). The smallest absolute Gasteiger partial charge is 0.247 e. The molecule has 0 radical (unpaired) electrons. The highest BCUT2D eigenvalue weighted by atomic mass is 35.5. The predicted molar refractivity (Wildman–Crippen MR) is 96.5 cm³/mol. The number of rotatable bonds is 4. The Morgan fingerprint density at radius 2 is 1.92 bits per heavy atom. The summed E-state index contributed by atoms with van der Waals surface area (Å²) < 4.78 is 39.0. The zero-order valence-electron chi connectivity index (χ0n) is 14.1. The molecule has 0 N–H and O–H groups in total. The third kappa shape index (κ3) is 3.67. The molecule has 7 heteroatoms. The predicted octanol–water partition coefficient (Wildman–Crippen LogP) is 3.50. The number of nitrogens with zero attached hydrogens (tertiary/aromatic N) is 1. The van der Waals surface area contributed by atoms with Crippen LogP contribution in [0.4, 0.5) is 0 Å². The van der Waals surface area contributed by atoms with E-state index < -0.39 is 10.0 Å². The minimum absolute atomic E-state index is 0.0723. The molecule has 0 spiro atoms. The molecule has 1 saturated heterocycles. The van der Waals surface area contributed by atoms with Crippen molar-refractivity contribution in [3.63, 3.8) is 0 Å². The van der Waals surface area contributed by atoms with Gasteiger partial charge in [-0.2, -0.15) is 4.31 Å². The molecular formula is C18H20ClNO4S. The Hall–Kier alpha value is -1.60. The second-order valence-corrected chi connectivity index (χ2v) is 8.25. The lowest BCUT2D eigenvalue weighted by atomic mass is 10.1. The molecule has 1 aliphatic rings. The average Bonchev–Trinajstić information content (AvgIpc) is 2.62. The summed E-state index contributed by atoms with van der Waals surface area (Å²) >= 11 is 6.02. The van der Waals surface area contributed by atoms with Crippen molar-refractivity contribution in [2.45, 2.75) is 24.0 Å². The van der Waals surface area contributed by atoms with Gasteiger partial charge in [0, 0.05) is 17.6 Å². The Labute approximate surface area is 153 Å². The van der Waals surface area contributed by atoms with Crippen LogP contribution in [0.5, 0.6) is 5.75 Å². The molecule has 2 atom stereocenters. The fourth-order valence-electron chi connectivity index (χ4n) is 2.92. The number of sulfonamides is 1. The van der Waals surface area contributed by atoms with Crippen LogP contribution in [0.15, 0.2) is 53.4 Å². The van der Waals surface area contributed by atoms with Gasteiger partial charge in [-0.25, -0.2) is 8.42 Å². The van der Waals surface area contributed by atoms with E-state index in [1.165, 1.54) is 17.5 Å². The summed E-state index contributed by atoms with van der Waals surface area (Å²) in [5.41, 5.74) is 0.952. The second-order valence-electron chi connectivity index (χ2n) is 5.95. The number of ether oxygens (including phenoxy) is 2. The van der Waals surface area contributed by atoms with Crippen LogP contribution in [0.25, 0.3) is 0 Å². The van der Waals surface area contributed by atoms with Gasteiger partial charge in [0.05, 0.1) is 19.8 Å². The van der Waals surface area contributed by atoms with Gasteiger partial charge in [0.2, 0.25) is 10.0 Å². The van der Waals surface area contributed by atoms with E-state index in [9.17, 15) is 8.42 Å². The van der Waals surface area contributed by atoms with Crippen molar-refractivity contribution in [3.8, 4) is 5.75 Å². The highest BCUT2D eigenvalue weighted by Crippen LogP contribution is 2.34. The third-order valence-electron chi connectivity index (χ3n) is 4.26. The molecule has 2 unspecified atom stereocenters. The average molecular weight is 382 g/mol. The topological polar surface area (TPSA) is 55.8 Å². The fraction of sp³-hybridized carbons (Fsp3) is 0.333. The molecule has 0 amide bonds. The number of hydrogen-bond acceptors (Lipinski definition) is 4. The molecule has 25 heavy (non-hydrogen) atoms. The number of benzene rings is 2. The first-order valence-corrected chi connectivity index (χ1v) is 9.77. The van der Waals surface area contributed by atoms with Gasteiger partial charge in [0.15, 0.2) is 0 Å². The number of halogens is 1. The standard InChI is InChI=1S/C18H20ClNO4S/c1-13-12-24-17(14-6-4-3-5-7-14)11-20(13)25(21,22)18-10-15(19)8-9-16(18)23-2/h3-10,13,17H,11-12H2,1-2H3. The largest absolute Gasteiger partial charge is 0.495 e. The maximum atomic E-state index is 13.2. The van der Waals surface area contributed by atoms with Crippen LogP contribution in [-0.4, -0.2) is 39.0 Å². The van der Waals surface area contributed by atoms with Gasteiger partial charge in [-0.15, -0.1) is 0 Å². The lowest BCUT2D eigenvalue weighted by Crippen LogP contribution is -2.48. The van der Waals surface area contributed by atoms with E-state index in [0.717, 1.165) is 5.56 Å². The minimum atomic E-state index is -3.77. The second kappa shape index (κ2) is 7.33. The summed E-state index contributed by atoms with van der Waals surface area (Å²) in [5.74, 6) is 0.277. The van der Waals surface area contributed by atoms with Crippen LogP contribution >= 0.6 is 11.6 Å². The Morgan fingerprint density at radius 3 is 2.60 bits per heavy atom. The molecule has 2 aromatic carbocycles. The lowest BCUT2D eigenvalue weighted by Gasteiger charge is -2.37. The van der Waals surface area contributed by atoms with Crippen molar-refractivity contribution in [2.75, 3.05) is 20.3 Å². The molecule has 5 nitrogen and oxygen atoms in total. The maximum Gasteiger partial charge on any atom is 0.247 e. The zero-order valence-corrected chi connectivity index (χ0v) is 15.6. The van der Waals surface area contributed by atoms with E-state index in [1.807, 2.05) is 37.3 Å². The summed E-state index contributed by atoms with van der Waals surface area (Å²) in [6, 6.07) is 13.9. The van der Waals surface area contributed by atoms with Crippen LogP contribution in [0, 0.1) is 0 Å². The summed E-state index contributed by atoms with van der Waals surface area (Å²) in [7, 11) is -2.33. The van der Waals surface area contributed by atoms with Crippen LogP contribution in [0.2, 0.25) is 5.02 Å². The Bertz CT molecular complexity index is 841. The van der Waals surface area contributed by atoms with Gasteiger partial charge < -0.3 is 9.47 Å². The normalized spacial score (nSPS) is 21.9. The van der Waals surface area contributed by atoms with E-state index in [-0.39, 0.29) is 29.3 Å². The van der Waals surface area contributed by atoms with E-state index in [4.69, 9.17) is 21.1 Å². The van der Waals surface area contributed by atoms with Gasteiger partial charge in [0.1, 0.15) is 10.6 Å². The van der Waals surface area contributed by atoms with E-state index >= 15 is 0 Å². The summed E-state index contributed by atoms with van der Waals surface area (Å²) in [4.78, 5) is 0.0723. The number of morpholine rings is 1. The van der Waals surface area contributed by atoms with Gasteiger partial charge in [-0.1, -0.05) is 41.9 Å². The van der Waals surface area contributed by atoms with Crippen LogP contribution in [0.1, 0.15) is 18.6 Å². The number of methoxy groups -OCH3 is 1. The van der Waals surface area contributed by atoms with Crippen molar-refractivity contribution < 1.29 is 17.9 Å². The van der Waals surface area contributed by atoms with E-state index in [1.54, 1.807) is 12.1 Å². The Kier molecular flexibility index (Phi) is 5.34. The quantitative estimate of drug-likeness (QED) is 0.813. The molecule has 0 aromatic heterocycles. The molecular weight excluding hydrogens is 362 g/mol. The minimum Gasteiger partial charge on any atom is -0.495 e. The highest BCUT2D eigenvalue weighted by Gasteiger charge is 2.37. The monoisotopic (exact) mass is 381 g/mol. The van der Waals surface area contributed by atoms with Gasteiger partial charge in [-0.05, 0) is 30.7 Å². The molecule has 1 fully saturated rings. The van der Waals surface area contributed by atoms with Crippen molar-refractivity contribution in [2.24, 2.45) is 0 Å². The van der Waals surface area contributed by atoms with Crippen molar-refractivity contribution in [1.82, 2.24) is 4.31 Å². The molecule has 0 saturated carbocycles. The Balaban J connectivity index is 1.97. The lowest BCUT2D eigenvalue weighted by molar-refractivity contribution is -0.0288. The Morgan fingerprint density at radius 1 is 1.20 bits per heavy atom. The van der Waals surface area contributed by atoms with E-state index in [2.05, 4.69) is 0 Å². The van der Waals surface area contributed by atoms with Gasteiger partial charge in [-0.3, -0.25) is 0 Å². The molecule has 1 heterocycles. The van der Waals surface area contributed by atoms with Gasteiger partial charge >= 0.3 is 0 Å². The van der Waals surface area contributed by atoms with Crippen molar-refractivity contribution >= 4 is 21.6 Å². The summed E-state index contributed by atoms with van der Waals surface area (Å²) in [6.45, 7) is 2.39. The van der Waals surface area contributed by atoms with Crippen molar-refractivity contribution in [3.05, 3.63) is 59.1 Å². The molecule has 134 valence electrons. The summed E-state index contributed by atoms with van der Waals surface area (Å²) in [6.07, 6.45) is -0.308. The molecule has 0 bridgehead atoms. The number of hydrogen-bond donors (Lipinski definition) is 0. The fourth-order valence-corrected chi connectivity index (χ4v) is 4.95. The first-order chi connectivity index (χ1) is 11.9. The maximum absolute atomic E-state index is 13.2. The van der Waals surface area contributed by atoms with Gasteiger partial charge in [0.25, 0.3) is 0 Å². The summed E-state index contributed by atoms with van der Waals surface area (Å²) in [5, 5.41) is 0.347. The first-order valence-electron chi connectivity index (χ1n) is 7.95. The van der Waals surface area contributed by atoms with Crippen LogP contribution < -0.4 is 4.74 Å². The van der Waals surface area contributed by atoms with Crippen LogP contribution in [-0.2, 0) is 14.8 Å². The molecule has 0 aliphatic carbocycles.